The van der Waals surface area contributed by atoms with Crippen LogP contribution in [-0.2, 0) is 0 Å². The molecular formula is C16H15F2NO2. The van der Waals surface area contributed by atoms with Crippen LogP contribution in [0.15, 0.2) is 42.5 Å². The number of hydrogen-bond donors (Lipinski definition) is 2. The Morgan fingerprint density at radius 1 is 1.14 bits per heavy atom. The van der Waals surface area contributed by atoms with E-state index in [9.17, 15) is 18.7 Å². The summed E-state index contributed by atoms with van der Waals surface area (Å²) in [6, 6.07) is 9.79. The molecule has 0 spiro atoms. The van der Waals surface area contributed by atoms with Crippen LogP contribution in [0.5, 0.6) is 0 Å². The molecule has 0 heterocycles. The standard InChI is InChI=1S/C16H15F2NO2/c1-10-2-4-11(5-3-10)15(20)9-19-16(21)12-6-13(17)8-14(18)7-12/h2-8,15,20H,9H2,1H3,(H,19,21)/t15-/m0/s1. The van der Waals surface area contributed by atoms with Crippen LogP contribution in [0.3, 0.4) is 0 Å². The van der Waals surface area contributed by atoms with Gasteiger partial charge in [-0.15, -0.1) is 0 Å². The summed E-state index contributed by atoms with van der Waals surface area (Å²) in [7, 11) is 0. The van der Waals surface area contributed by atoms with Crippen molar-refractivity contribution in [3.63, 3.8) is 0 Å². The van der Waals surface area contributed by atoms with E-state index >= 15 is 0 Å². The second-order valence-corrected chi connectivity index (χ2v) is 4.79. The SMILES string of the molecule is Cc1ccc([C@@H](O)CNC(=O)c2cc(F)cc(F)c2)cc1. The quantitative estimate of drug-likeness (QED) is 0.910. The predicted octanol–water partition coefficient (Wildman–Crippen LogP) is 2.74. The van der Waals surface area contributed by atoms with Crippen molar-refractivity contribution >= 4 is 5.91 Å². The molecule has 0 aliphatic rings. The number of nitrogens with one attached hydrogen (secondary N) is 1. The first-order valence-corrected chi connectivity index (χ1v) is 6.44. The minimum Gasteiger partial charge on any atom is -0.387 e. The maximum atomic E-state index is 13.0. The summed E-state index contributed by atoms with van der Waals surface area (Å²) in [6.07, 6.45) is -0.882. The van der Waals surface area contributed by atoms with Crippen LogP contribution >= 0.6 is 0 Å². The van der Waals surface area contributed by atoms with E-state index in [-0.39, 0.29) is 12.1 Å². The first kappa shape index (κ1) is 15.1. The van der Waals surface area contributed by atoms with Crippen molar-refractivity contribution in [2.45, 2.75) is 13.0 Å². The van der Waals surface area contributed by atoms with Gasteiger partial charge in [0.05, 0.1) is 6.10 Å². The third-order valence-corrected chi connectivity index (χ3v) is 3.04. The number of rotatable bonds is 4. The van der Waals surface area contributed by atoms with E-state index in [4.69, 9.17) is 0 Å². The van der Waals surface area contributed by atoms with Gasteiger partial charge in [0.1, 0.15) is 11.6 Å². The number of benzene rings is 2. The number of carbonyl (C=O) groups is 1. The fourth-order valence-electron chi connectivity index (χ4n) is 1.88. The average Bonchev–Trinajstić information content (AvgIpc) is 2.44. The van der Waals surface area contributed by atoms with Gasteiger partial charge in [-0.25, -0.2) is 8.78 Å². The smallest absolute Gasteiger partial charge is 0.251 e. The van der Waals surface area contributed by atoms with Crippen LogP contribution in [0.4, 0.5) is 8.78 Å². The molecule has 0 aliphatic heterocycles. The lowest BCUT2D eigenvalue weighted by Crippen LogP contribution is -2.28. The highest BCUT2D eigenvalue weighted by Crippen LogP contribution is 2.13. The lowest BCUT2D eigenvalue weighted by Gasteiger charge is -2.12. The van der Waals surface area contributed by atoms with Crippen molar-refractivity contribution in [3.05, 3.63) is 70.8 Å². The topological polar surface area (TPSA) is 49.3 Å². The number of aryl methyl sites for hydroxylation is 1. The Bertz CT molecular complexity index is 621. The van der Waals surface area contributed by atoms with Gasteiger partial charge in [-0.05, 0) is 24.6 Å². The van der Waals surface area contributed by atoms with Gasteiger partial charge in [-0.1, -0.05) is 29.8 Å². The first-order chi connectivity index (χ1) is 9.95. The van der Waals surface area contributed by atoms with Gasteiger partial charge in [0.15, 0.2) is 0 Å². The Hall–Kier alpha value is -2.27. The molecular weight excluding hydrogens is 276 g/mol. The average molecular weight is 291 g/mol. The van der Waals surface area contributed by atoms with Gasteiger partial charge in [0, 0.05) is 18.2 Å². The zero-order valence-corrected chi connectivity index (χ0v) is 11.4. The summed E-state index contributed by atoms with van der Waals surface area (Å²) in [4.78, 5) is 11.8. The van der Waals surface area contributed by atoms with Crippen molar-refractivity contribution in [1.29, 1.82) is 0 Å². The molecule has 0 aromatic heterocycles. The monoisotopic (exact) mass is 291 g/mol. The molecule has 110 valence electrons. The van der Waals surface area contributed by atoms with Crippen molar-refractivity contribution in [1.82, 2.24) is 5.32 Å². The van der Waals surface area contributed by atoms with Crippen LogP contribution in [0, 0.1) is 18.6 Å². The molecule has 0 fully saturated rings. The number of amides is 1. The second kappa shape index (κ2) is 6.45. The predicted molar refractivity (Wildman–Crippen MR) is 74.8 cm³/mol. The molecule has 2 aromatic carbocycles. The molecule has 2 rings (SSSR count). The maximum Gasteiger partial charge on any atom is 0.251 e. The van der Waals surface area contributed by atoms with Crippen molar-refractivity contribution in [2.75, 3.05) is 6.54 Å². The van der Waals surface area contributed by atoms with Gasteiger partial charge in [0.25, 0.3) is 5.91 Å². The third-order valence-electron chi connectivity index (χ3n) is 3.04. The highest BCUT2D eigenvalue weighted by Gasteiger charge is 2.12. The molecule has 2 N–H and O–H groups in total. The highest BCUT2D eigenvalue weighted by molar-refractivity contribution is 5.94. The van der Waals surface area contributed by atoms with Gasteiger partial charge in [0.2, 0.25) is 0 Å². The number of aliphatic hydroxyl groups excluding tert-OH is 1. The van der Waals surface area contributed by atoms with Crippen molar-refractivity contribution in [3.8, 4) is 0 Å². The number of carbonyl (C=O) groups excluding carboxylic acids is 1. The first-order valence-electron chi connectivity index (χ1n) is 6.44. The number of hydrogen-bond acceptors (Lipinski definition) is 2. The molecule has 0 bridgehead atoms. The summed E-state index contributed by atoms with van der Waals surface area (Å²) in [5, 5.41) is 12.4. The number of halogens is 2. The zero-order chi connectivity index (χ0) is 15.4. The molecule has 0 aliphatic carbocycles. The van der Waals surface area contributed by atoms with E-state index in [1.54, 1.807) is 12.1 Å². The summed E-state index contributed by atoms with van der Waals surface area (Å²) in [6.45, 7) is 1.89. The van der Waals surface area contributed by atoms with E-state index in [0.717, 1.165) is 17.7 Å². The molecule has 2 aromatic rings. The Morgan fingerprint density at radius 3 is 2.29 bits per heavy atom. The molecule has 0 saturated carbocycles. The number of aliphatic hydroxyl groups is 1. The Balaban J connectivity index is 1.98. The fourth-order valence-corrected chi connectivity index (χ4v) is 1.88. The molecule has 3 nitrogen and oxygen atoms in total. The lowest BCUT2D eigenvalue weighted by molar-refractivity contribution is 0.0915. The second-order valence-electron chi connectivity index (χ2n) is 4.79. The van der Waals surface area contributed by atoms with E-state index in [1.807, 2.05) is 19.1 Å². The minimum absolute atomic E-state index is 0.0416. The third kappa shape index (κ3) is 4.10. The van der Waals surface area contributed by atoms with Crippen LogP contribution in [0.2, 0.25) is 0 Å². The Labute approximate surface area is 121 Å². The molecule has 1 atom stereocenters. The fraction of sp³-hybridized carbons (Fsp3) is 0.188. The Kier molecular flexibility index (Phi) is 4.65. The van der Waals surface area contributed by atoms with Gasteiger partial charge in [-0.3, -0.25) is 4.79 Å². The largest absolute Gasteiger partial charge is 0.387 e. The van der Waals surface area contributed by atoms with Gasteiger partial charge in [-0.2, -0.15) is 0 Å². The zero-order valence-electron chi connectivity index (χ0n) is 11.4. The van der Waals surface area contributed by atoms with Crippen molar-refractivity contribution in [2.24, 2.45) is 0 Å². The van der Waals surface area contributed by atoms with E-state index in [0.29, 0.717) is 11.6 Å². The summed E-state index contributed by atoms with van der Waals surface area (Å²) in [5.41, 5.74) is 1.60. The summed E-state index contributed by atoms with van der Waals surface area (Å²) >= 11 is 0. The highest BCUT2D eigenvalue weighted by atomic mass is 19.1. The maximum absolute atomic E-state index is 13.0. The van der Waals surface area contributed by atoms with Crippen LogP contribution in [0.1, 0.15) is 27.6 Å². The van der Waals surface area contributed by atoms with E-state index in [2.05, 4.69) is 5.32 Å². The van der Waals surface area contributed by atoms with E-state index in [1.165, 1.54) is 0 Å². The summed E-state index contributed by atoms with van der Waals surface area (Å²) < 4.78 is 26.0. The molecule has 0 saturated heterocycles. The van der Waals surface area contributed by atoms with Gasteiger partial charge < -0.3 is 10.4 Å². The molecule has 21 heavy (non-hydrogen) atoms. The summed E-state index contributed by atoms with van der Waals surface area (Å²) in [5.74, 6) is -2.28. The van der Waals surface area contributed by atoms with Crippen LogP contribution < -0.4 is 5.32 Å². The lowest BCUT2D eigenvalue weighted by atomic mass is 10.1. The van der Waals surface area contributed by atoms with Gasteiger partial charge >= 0.3 is 0 Å². The molecule has 0 unspecified atom stereocenters. The van der Waals surface area contributed by atoms with Crippen LogP contribution in [-0.4, -0.2) is 17.6 Å². The molecule has 1 amide bonds. The minimum atomic E-state index is -0.882. The molecule has 5 heteroatoms. The molecule has 0 radical (unpaired) electrons. The Morgan fingerprint density at radius 2 is 1.71 bits per heavy atom. The van der Waals surface area contributed by atoms with Crippen LogP contribution in [0.25, 0.3) is 0 Å². The normalized spacial score (nSPS) is 12.0. The van der Waals surface area contributed by atoms with Crippen molar-refractivity contribution < 1.29 is 18.7 Å². The van der Waals surface area contributed by atoms with E-state index < -0.39 is 23.6 Å².